The molecule has 0 unspecified atom stereocenters. The maximum atomic E-state index is 11.1. The number of thiophene rings is 1. The number of H-pyrrole nitrogens is 1. The fourth-order valence-electron chi connectivity index (χ4n) is 1.00. The topological polar surface area (TPSA) is 45.8 Å². The van der Waals surface area contributed by atoms with Crippen LogP contribution in [0.25, 0.3) is 10.9 Å². The molecule has 2 heterocycles. The Balaban J connectivity index is 3.06. The fourth-order valence-corrected chi connectivity index (χ4v) is 1.79. The number of aromatic nitrogens is 2. The Hall–Kier alpha value is -1.16. The summed E-state index contributed by atoms with van der Waals surface area (Å²) in [6.07, 6.45) is 1.43. The standard InChI is InChI=1S/C7H6N2OS/c1-4-6-5(2-11-4)7(10)9-3-8-6/h2-3H,1H3,(H,8,9,10). The number of nitrogens with zero attached hydrogens (tertiary/aromatic N) is 1. The first-order valence-electron chi connectivity index (χ1n) is 3.20. The maximum Gasteiger partial charge on any atom is 0.259 e. The van der Waals surface area contributed by atoms with E-state index in [-0.39, 0.29) is 5.56 Å². The molecule has 56 valence electrons. The number of nitrogens with one attached hydrogen (secondary N) is 1. The van der Waals surface area contributed by atoms with Gasteiger partial charge >= 0.3 is 0 Å². The summed E-state index contributed by atoms with van der Waals surface area (Å²) < 4.78 is 0. The molecule has 11 heavy (non-hydrogen) atoms. The van der Waals surface area contributed by atoms with E-state index in [0.29, 0.717) is 5.39 Å². The van der Waals surface area contributed by atoms with Crippen molar-refractivity contribution in [1.29, 1.82) is 0 Å². The lowest BCUT2D eigenvalue weighted by Gasteiger charge is -1.86. The molecule has 0 fully saturated rings. The first-order chi connectivity index (χ1) is 5.29. The van der Waals surface area contributed by atoms with E-state index in [2.05, 4.69) is 9.97 Å². The van der Waals surface area contributed by atoms with Crippen LogP contribution >= 0.6 is 11.3 Å². The van der Waals surface area contributed by atoms with Gasteiger partial charge in [0, 0.05) is 10.3 Å². The van der Waals surface area contributed by atoms with Crippen LogP contribution in [0, 0.1) is 6.92 Å². The molecule has 0 saturated carbocycles. The molecule has 2 rings (SSSR count). The molecule has 1 N–H and O–H groups in total. The zero-order chi connectivity index (χ0) is 7.84. The minimum Gasteiger partial charge on any atom is -0.313 e. The van der Waals surface area contributed by atoms with Crippen molar-refractivity contribution in [3.05, 3.63) is 26.9 Å². The molecule has 0 saturated heterocycles. The smallest absolute Gasteiger partial charge is 0.259 e. The average Bonchev–Trinajstić information content (AvgIpc) is 2.35. The number of hydrogen-bond donors (Lipinski definition) is 1. The quantitative estimate of drug-likeness (QED) is 0.641. The fraction of sp³-hybridized carbons (Fsp3) is 0.143. The van der Waals surface area contributed by atoms with Crippen molar-refractivity contribution in [1.82, 2.24) is 9.97 Å². The SMILES string of the molecule is Cc1scc2c(=O)[nH]cnc12. The van der Waals surface area contributed by atoms with E-state index in [1.54, 1.807) is 11.3 Å². The highest BCUT2D eigenvalue weighted by molar-refractivity contribution is 7.11. The van der Waals surface area contributed by atoms with Crippen LogP contribution in [0.15, 0.2) is 16.5 Å². The van der Waals surface area contributed by atoms with Crippen LogP contribution in [0.3, 0.4) is 0 Å². The zero-order valence-electron chi connectivity index (χ0n) is 5.92. The van der Waals surface area contributed by atoms with Crippen molar-refractivity contribution in [3.8, 4) is 0 Å². The van der Waals surface area contributed by atoms with Gasteiger partial charge in [0.1, 0.15) is 0 Å². The van der Waals surface area contributed by atoms with Gasteiger partial charge in [-0.15, -0.1) is 11.3 Å². The van der Waals surface area contributed by atoms with Crippen LogP contribution in [0.2, 0.25) is 0 Å². The summed E-state index contributed by atoms with van der Waals surface area (Å²) in [6, 6.07) is 0. The summed E-state index contributed by atoms with van der Waals surface area (Å²) in [4.78, 5) is 18.8. The number of fused-ring (bicyclic) bond motifs is 1. The van der Waals surface area contributed by atoms with Crippen LogP contribution in [0.5, 0.6) is 0 Å². The number of rotatable bonds is 0. The Morgan fingerprint density at radius 1 is 1.64 bits per heavy atom. The molecular weight excluding hydrogens is 160 g/mol. The molecule has 0 spiro atoms. The Morgan fingerprint density at radius 3 is 3.18 bits per heavy atom. The first-order valence-corrected chi connectivity index (χ1v) is 4.08. The van der Waals surface area contributed by atoms with Gasteiger partial charge in [-0.3, -0.25) is 4.79 Å². The molecule has 4 heteroatoms. The molecule has 0 aromatic carbocycles. The van der Waals surface area contributed by atoms with Gasteiger partial charge < -0.3 is 4.98 Å². The van der Waals surface area contributed by atoms with E-state index >= 15 is 0 Å². The molecule has 0 atom stereocenters. The van der Waals surface area contributed by atoms with Crippen molar-refractivity contribution in [2.45, 2.75) is 6.92 Å². The van der Waals surface area contributed by atoms with E-state index in [9.17, 15) is 4.79 Å². The Kier molecular flexibility index (Phi) is 1.29. The van der Waals surface area contributed by atoms with Crippen molar-refractivity contribution in [2.75, 3.05) is 0 Å². The number of aromatic amines is 1. The highest BCUT2D eigenvalue weighted by atomic mass is 32.1. The third-order valence-corrected chi connectivity index (χ3v) is 2.48. The van der Waals surface area contributed by atoms with E-state index < -0.39 is 0 Å². The lowest BCUT2D eigenvalue weighted by atomic mass is 10.3. The van der Waals surface area contributed by atoms with E-state index in [1.807, 2.05) is 12.3 Å². The van der Waals surface area contributed by atoms with Gasteiger partial charge in [-0.2, -0.15) is 0 Å². The van der Waals surface area contributed by atoms with Crippen molar-refractivity contribution in [2.24, 2.45) is 0 Å². The monoisotopic (exact) mass is 166 g/mol. The van der Waals surface area contributed by atoms with Gasteiger partial charge in [0.15, 0.2) is 0 Å². The second kappa shape index (κ2) is 2.17. The predicted octanol–water partition coefficient (Wildman–Crippen LogP) is 1.29. The summed E-state index contributed by atoms with van der Waals surface area (Å²) in [5.41, 5.74) is 0.762. The predicted molar refractivity (Wildman–Crippen MR) is 45.0 cm³/mol. The van der Waals surface area contributed by atoms with Crippen LogP contribution < -0.4 is 5.56 Å². The van der Waals surface area contributed by atoms with Gasteiger partial charge in [0.25, 0.3) is 5.56 Å². The van der Waals surface area contributed by atoms with Gasteiger partial charge in [-0.05, 0) is 6.92 Å². The molecule has 2 aromatic rings. The molecule has 0 aliphatic rings. The molecule has 0 amide bonds. The van der Waals surface area contributed by atoms with Crippen molar-refractivity contribution < 1.29 is 0 Å². The van der Waals surface area contributed by atoms with Gasteiger partial charge in [-0.1, -0.05) is 0 Å². The summed E-state index contributed by atoms with van der Waals surface area (Å²) >= 11 is 1.55. The van der Waals surface area contributed by atoms with Crippen molar-refractivity contribution >= 4 is 22.2 Å². The molecular formula is C7H6N2OS. The Labute approximate surface area is 66.7 Å². The molecule has 0 bridgehead atoms. The first kappa shape index (κ1) is 6.54. The number of hydrogen-bond acceptors (Lipinski definition) is 3. The van der Waals surface area contributed by atoms with Crippen molar-refractivity contribution in [3.63, 3.8) is 0 Å². The molecule has 0 aliphatic carbocycles. The summed E-state index contributed by atoms with van der Waals surface area (Å²) in [7, 11) is 0. The summed E-state index contributed by atoms with van der Waals surface area (Å²) in [5.74, 6) is 0. The highest BCUT2D eigenvalue weighted by Gasteiger charge is 2.02. The zero-order valence-corrected chi connectivity index (χ0v) is 6.73. The van der Waals surface area contributed by atoms with E-state index in [0.717, 1.165) is 10.4 Å². The molecule has 2 aromatic heterocycles. The Morgan fingerprint density at radius 2 is 2.45 bits per heavy atom. The maximum absolute atomic E-state index is 11.1. The summed E-state index contributed by atoms with van der Waals surface area (Å²) in [6.45, 7) is 1.96. The van der Waals surface area contributed by atoms with Crippen LogP contribution in [0.1, 0.15) is 4.88 Å². The highest BCUT2D eigenvalue weighted by Crippen LogP contribution is 2.18. The largest absolute Gasteiger partial charge is 0.313 e. The molecule has 0 radical (unpaired) electrons. The molecule has 3 nitrogen and oxygen atoms in total. The second-order valence-corrected chi connectivity index (χ2v) is 3.37. The van der Waals surface area contributed by atoms with Crippen LogP contribution in [-0.2, 0) is 0 Å². The van der Waals surface area contributed by atoms with E-state index in [4.69, 9.17) is 0 Å². The van der Waals surface area contributed by atoms with Gasteiger partial charge in [-0.25, -0.2) is 4.98 Å². The van der Waals surface area contributed by atoms with Crippen LogP contribution in [0.4, 0.5) is 0 Å². The minimum absolute atomic E-state index is 0.0562. The minimum atomic E-state index is -0.0562. The van der Waals surface area contributed by atoms with Gasteiger partial charge in [0.2, 0.25) is 0 Å². The third kappa shape index (κ3) is 0.867. The molecule has 0 aliphatic heterocycles. The normalized spacial score (nSPS) is 10.6. The number of aryl methyl sites for hydroxylation is 1. The van der Waals surface area contributed by atoms with Gasteiger partial charge in [0.05, 0.1) is 17.2 Å². The lowest BCUT2D eigenvalue weighted by Crippen LogP contribution is -2.04. The van der Waals surface area contributed by atoms with E-state index in [1.165, 1.54) is 6.33 Å². The second-order valence-electron chi connectivity index (χ2n) is 2.29. The third-order valence-electron chi connectivity index (χ3n) is 1.58. The average molecular weight is 166 g/mol. The Bertz CT molecular complexity index is 443. The lowest BCUT2D eigenvalue weighted by molar-refractivity contribution is 1.17. The summed E-state index contributed by atoms with van der Waals surface area (Å²) in [5, 5.41) is 2.52. The van der Waals surface area contributed by atoms with Crippen LogP contribution in [-0.4, -0.2) is 9.97 Å².